The van der Waals surface area contributed by atoms with Crippen molar-refractivity contribution in [3.05, 3.63) is 0 Å². The zero-order valence-corrected chi connectivity index (χ0v) is 11.3. The molecular weight excluding hydrogens is 228 g/mol. The topological polar surface area (TPSA) is 49.4 Å². The molecule has 0 unspecified atom stereocenters. The smallest absolute Gasteiger partial charge is 0.249 e. The first-order chi connectivity index (χ1) is 8.46. The number of piperazine rings is 1. The molecule has 4 nitrogen and oxygen atoms in total. The SMILES string of the molecule is CC(C)(C1CC1)N1CC(=O)NC2(CCCC2)C1=O. The lowest BCUT2D eigenvalue weighted by Gasteiger charge is -2.47. The lowest BCUT2D eigenvalue weighted by molar-refractivity contribution is -0.156. The van der Waals surface area contributed by atoms with Crippen molar-refractivity contribution in [1.29, 1.82) is 0 Å². The van der Waals surface area contributed by atoms with E-state index in [4.69, 9.17) is 0 Å². The third-order valence-corrected chi connectivity index (χ3v) is 5.06. The third-order valence-electron chi connectivity index (χ3n) is 5.06. The summed E-state index contributed by atoms with van der Waals surface area (Å²) in [6.45, 7) is 4.47. The molecule has 1 heterocycles. The van der Waals surface area contributed by atoms with E-state index < -0.39 is 5.54 Å². The Morgan fingerprint density at radius 3 is 2.39 bits per heavy atom. The van der Waals surface area contributed by atoms with Crippen LogP contribution in [0.3, 0.4) is 0 Å². The van der Waals surface area contributed by atoms with Crippen LogP contribution in [-0.2, 0) is 9.59 Å². The van der Waals surface area contributed by atoms with Gasteiger partial charge in [-0.05, 0) is 45.4 Å². The average molecular weight is 250 g/mol. The molecule has 3 aliphatic rings. The van der Waals surface area contributed by atoms with Gasteiger partial charge in [0.1, 0.15) is 12.1 Å². The maximum atomic E-state index is 12.8. The van der Waals surface area contributed by atoms with Gasteiger partial charge in [-0.3, -0.25) is 9.59 Å². The van der Waals surface area contributed by atoms with Crippen molar-refractivity contribution in [2.75, 3.05) is 6.54 Å². The predicted molar refractivity (Wildman–Crippen MR) is 67.9 cm³/mol. The Bertz CT molecular complexity index is 393. The summed E-state index contributed by atoms with van der Waals surface area (Å²) in [6, 6.07) is 0. The van der Waals surface area contributed by atoms with Crippen LogP contribution in [0.5, 0.6) is 0 Å². The zero-order valence-electron chi connectivity index (χ0n) is 11.3. The molecule has 18 heavy (non-hydrogen) atoms. The molecule has 0 aromatic rings. The van der Waals surface area contributed by atoms with Gasteiger partial charge in [-0.25, -0.2) is 0 Å². The van der Waals surface area contributed by atoms with Crippen LogP contribution in [0.4, 0.5) is 0 Å². The Labute approximate surface area is 108 Å². The maximum absolute atomic E-state index is 12.8. The van der Waals surface area contributed by atoms with Gasteiger partial charge in [0.05, 0.1) is 0 Å². The highest BCUT2D eigenvalue weighted by atomic mass is 16.2. The molecule has 4 heteroatoms. The van der Waals surface area contributed by atoms with Crippen molar-refractivity contribution >= 4 is 11.8 Å². The Balaban J connectivity index is 1.90. The lowest BCUT2D eigenvalue weighted by atomic mass is 9.87. The Morgan fingerprint density at radius 1 is 1.22 bits per heavy atom. The number of hydrogen-bond acceptors (Lipinski definition) is 2. The van der Waals surface area contributed by atoms with Crippen molar-refractivity contribution < 1.29 is 9.59 Å². The van der Waals surface area contributed by atoms with E-state index in [1.54, 1.807) is 0 Å². The summed E-state index contributed by atoms with van der Waals surface area (Å²) in [5.41, 5.74) is -0.730. The zero-order chi connectivity index (χ0) is 13.0. The summed E-state index contributed by atoms with van der Waals surface area (Å²) in [4.78, 5) is 26.6. The first-order valence-corrected chi connectivity index (χ1v) is 7.09. The van der Waals surface area contributed by atoms with Crippen LogP contribution in [0.2, 0.25) is 0 Å². The van der Waals surface area contributed by atoms with Crippen LogP contribution in [0.1, 0.15) is 52.4 Å². The highest BCUT2D eigenvalue weighted by Gasteiger charge is 2.54. The molecule has 0 aromatic carbocycles. The molecule has 2 amide bonds. The van der Waals surface area contributed by atoms with E-state index in [1.165, 1.54) is 12.8 Å². The summed E-state index contributed by atoms with van der Waals surface area (Å²) in [6.07, 6.45) is 6.09. The molecule has 1 saturated heterocycles. The fourth-order valence-corrected chi connectivity index (χ4v) is 3.63. The van der Waals surface area contributed by atoms with Crippen molar-refractivity contribution in [1.82, 2.24) is 10.2 Å². The van der Waals surface area contributed by atoms with Crippen molar-refractivity contribution in [2.24, 2.45) is 5.92 Å². The predicted octanol–water partition coefficient (Wildman–Crippen LogP) is 1.45. The summed E-state index contributed by atoms with van der Waals surface area (Å²) < 4.78 is 0. The highest BCUT2D eigenvalue weighted by Crippen LogP contribution is 2.45. The van der Waals surface area contributed by atoms with E-state index in [0.29, 0.717) is 5.92 Å². The first-order valence-electron chi connectivity index (χ1n) is 7.09. The number of hydrogen-bond donors (Lipinski definition) is 1. The van der Waals surface area contributed by atoms with E-state index in [0.717, 1.165) is 25.7 Å². The molecule has 0 aromatic heterocycles. The molecule has 1 N–H and O–H groups in total. The van der Waals surface area contributed by atoms with Crippen molar-refractivity contribution in [2.45, 2.75) is 63.5 Å². The van der Waals surface area contributed by atoms with Crippen LogP contribution >= 0.6 is 0 Å². The van der Waals surface area contributed by atoms with Crippen LogP contribution in [0.15, 0.2) is 0 Å². The van der Waals surface area contributed by atoms with Gasteiger partial charge >= 0.3 is 0 Å². The molecular formula is C14H22N2O2. The van der Waals surface area contributed by atoms with Gasteiger partial charge in [0.25, 0.3) is 0 Å². The summed E-state index contributed by atoms with van der Waals surface area (Å²) in [7, 11) is 0. The Kier molecular flexibility index (Phi) is 2.48. The summed E-state index contributed by atoms with van der Waals surface area (Å²) >= 11 is 0. The quantitative estimate of drug-likeness (QED) is 0.806. The molecule has 0 radical (unpaired) electrons. The number of amides is 2. The fraction of sp³-hybridized carbons (Fsp3) is 0.857. The molecule has 3 fully saturated rings. The van der Waals surface area contributed by atoms with Gasteiger partial charge in [0.2, 0.25) is 11.8 Å². The monoisotopic (exact) mass is 250 g/mol. The molecule has 3 rings (SSSR count). The van der Waals surface area contributed by atoms with E-state index >= 15 is 0 Å². The minimum atomic E-state index is -0.568. The van der Waals surface area contributed by atoms with Crippen LogP contribution in [-0.4, -0.2) is 34.3 Å². The van der Waals surface area contributed by atoms with E-state index in [9.17, 15) is 9.59 Å². The van der Waals surface area contributed by atoms with Crippen LogP contribution < -0.4 is 5.32 Å². The van der Waals surface area contributed by atoms with Gasteiger partial charge in [0, 0.05) is 5.54 Å². The van der Waals surface area contributed by atoms with E-state index in [-0.39, 0.29) is 23.9 Å². The summed E-state index contributed by atoms with van der Waals surface area (Å²) in [5.74, 6) is 0.757. The molecule has 0 bridgehead atoms. The Morgan fingerprint density at radius 2 is 1.83 bits per heavy atom. The van der Waals surface area contributed by atoms with Crippen molar-refractivity contribution in [3.63, 3.8) is 0 Å². The highest BCUT2D eigenvalue weighted by molar-refractivity contribution is 5.98. The Hall–Kier alpha value is -1.06. The first kappa shape index (κ1) is 12.0. The normalized spacial score (nSPS) is 27.8. The second kappa shape index (κ2) is 3.72. The number of carbonyl (C=O) groups is 2. The lowest BCUT2D eigenvalue weighted by Crippen LogP contribution is -2.69. The molecule has 1 aliphatic heterocycles. The molecule has 0 atom stereocenters. The largest absolute Gasteiger partial charge is 0.340 e. The molecule has 2 saturated carbocycles. The van der Waals surface area contributed by atoms with Crippen molar-refractivity contribution in [3.8, 4) is 0 Å². The second-order valence-corrected chi connectivity index (χ2v) is 6.66. The van der Waals surface area contributed by atoms with E-state index in [1.807, 2.05) is 4.90 Å². The number of nitrogens with zero attached hydrogens (tertiary/aromatic N) is 1. The van der Waals surface area contributed by atoms with E-state index in [2.05, 4.69) is 19.2 Å². The summed E-state index contributed by atoms with van der Waals surface area (Å²) in [5, 5.41) is 2.97. The fourth-order valence-electron chi connectivity index (χ4n) is 3.63. The maximum Gasteiger partial charge on any atom is 0.249 e. The van der Waals surface area contributed by atoms with Gasteiger partial charge < -0.3 is 10.2 Å². The van der Waals surface area contributed by atoms with Gasteiger partial charge in [-0.15, -0.1) is 0 Å². The second-order valence-electron chi connectivity index (χ2n) is 6.66. The molecule has 2 aliphatic carbocycles. The number of carbonyl (C=O) groups excluding carboxylic acids is 2. The molecule has 1 spiro atoms. The number of nitrogens with one attached hydrogen (secondary N) is 1. The standard InChI is InChI=1S/C14H22N2O2/c1-13(2,10-5-6-10)16-9-11(17)15-14(12(16)18)7-3-4-8-14/h10H,3-9H2,1-2H3,(H,15,17). The van der Waals surface area contributed by atoms with Gasteiger partial charge in [-0.1, -0.05) is 12.8 Å². The minimum Gasteiger partial charge on any atom is -0.340 e. The third kappa shape index (κ3) is 1.65. The molecule has 100 valence electrons. The van der Waals surface area contributed by atoms with Crippen LogP contribution in [0.25, 0.3) is 0 Å². The minimum absolute atomic E-state index is 0.0187. The van der Waals surface area contributed by atoms with Gasteiger partial charge in [0.15, 0.2) is 0 Å². The van der Waals surface area contributed by atoms with Gasteiger partial charge in [-0.2, -0.15) is 0 Å². The average Bonchev–Trinajstić information content (AvgIpc) is 3.07. The van der Waals surface area contributed by atoms with Crippen LogP contribution in [0, 0.1) is 5.92 Å². The number of rotatable bonds is 2.